The molecule has 1 aliphatic heterocycles. The summed E-state index contributed by atoms with van der Waals surface area (Å²) in [4.78, 5) is 27.7. The molecule has 1 aliphatic rings. The van der Waals surface area contributed by atoms with Gasteiger partial charge in [0.1, 0.15) is 22.5 Å². The van der Waals surface area contributed by atoms with Crippen LogP contribution in [-0.2, 0) is 16.0 Å². The van der Waals surface area contributed by atoms with Crippen LogP contribution in [0.2, 0.25) is 10.0 Å². The molecule has 0 bridgehead atoms. The second-order valence-electron chi connectivity index (χ2n) is 7.31. The Hall–Kier alpha value is -3.31. The third-order valence-corrected chi connectivity index (χ3v) is 6.90. The van der Waals surface area contributed by atoms with Crippen molar-refractivity contribution in [2.45, 2.75) is 11.7 Å². The van der Waals surface area contributed by atoms with Crippen molar-refractivity contribution >= 4 is 58.2 Å². The topological polar surface area (TPSA) is 73.2 Å². The minimum Gasteiger partial charge on any atom is -0.321 e. The molecular weight excluding hydrogens is 496 g/mol. The van der Waals surface area contributed by atoms with Crippen LogP contribution in [0, 0.1) is 17.1 Å². The number of rotatable bonds is 5. The van der Waals surface area contributed by atoms with Crippen LogP contribution in [-0.4, -0.2) is 17.1 Å². The normalized spacial score (nSPS) is 16.8. The molecule has 0 aliphatic carbocycles. The number of benzene rings is 3. The van der Waals surface area contributed by atoms with Crippen LogP contribution in [0.25, 0.3) is 0 Å². The molecule has 4 rings (SSSR count). The van der Waals surface area contributed by atoms with E-state index in [2.05, 4.69) is 5.32 Å². The van der Waals surface area contributed by atoms with Crippen molar-refractivity contribution in [1.82, 2.24) is 0 Å². The molecule has 3 aromatic rings. The van der Waals surface area contributed by atoms with Gasteiger partial charge in [-0.1, -0.05) is 53.2 Å². The van der Waals surface area contributed by atoms with Crippen molar-refractivity contribution < 1.29 is 14.0 Å². The molecule has 170 valence electrons. The number of nitriles is 1. The fourth-order valence-electron chi connectivity index (χ4n) is 3.43. The van der Waals surface area contributed by atoms with Gasteiger partial charge in [-0.05, 0) is 66.6 Å². The van der Waals surface area contributed by atoms with Crippen molar-refractivity contribution in [2.75, 3.05) is 10.2 Å². The van der Waals surface area contributed by atoms with E-state index in [0.29, 0.717) is 27.0 Å². The quantitative estimate of drug-likeness (QED) is 0.327. The molecule has 1 heterocycles. The van der Waals surface area contributed by atoms with E-state index in [1.54, 1.807) is 48.5 Å². The number of hydrogen-bond donors (Lipinski definition) is 1. The first-order valence-electron chi connectivity index (χ1n) is 10.1. The maximum absolute atomic E-state index is 13.5. The number of nitrogens with zero attached hydrogens (tertiary/aromatic N) is 2. The van der Waals surface area contributed by atoms with E-state index in [-0.39, 0.29) is 22.9 Å². The van der Waals surface area contributed by atoms with Gasteiger partial charge in [0.15, 0.2) is 0 Å². The second kappa shape index (κ2) is 10.3. The van der Waals surface area contributed by atoms with Gasteiger partial charge in [-0.25, -0.2) is 4.39 Å². The van der Waals surface area contributed by atoms with Crippen LogP contribution in [0.4, 0.5) is 15.8 Å². The van der Waals surface area contributed by atoms with E-state index in [1.165, 1.54) is 29.2 Å². The summed E-state index contributed by atoms with van der Waals surface area (Å²) in [5, 5.41) is 13.0. The summed E-state index contributed by atoms with van der Waals surface area (Å²) in [6.45, 7) is 0. The molecule has 3 aromatic carbocycles. The Morgan fingerprint density at radius 1 is 1.09 bits per heavy atom. The Morgan fingerprint density at radius 2 is 1.79 bits per heavy atom. The van der Waals surface area contributed by atoms with Gasteiger partial charge in [0.05, 0.1) is 5.25 Å². The highest BCUT2D eigenvalue weighted by Crippen LogP contribution is 2.42. The summed E-state index contributed by atoms with van der Waals surface area (Å²) in [7, 11) is 0. The zero-order valence-electron chi connectivity index (χ0n) is 17.5. The zero-order chi connectivity index (χ0) is 24.2. The number of para-hydroxylation sites is 1. The second-order valence-corrected chi connectivity index (χ2v) is 9.34. The number of carbonyl (C=O) groups excluding carboxylic acids is 2. The Morgan fingerprint density at radius 3 is 2.47 bits per heavy atom. The molecule has 0 saturated carbocycles. The Kier molecular flexibility index (Phi) is 7.23. The van der Waals surface area contributed by atoms with Gasteiger partial charge in [-0.2, -0.15) is 5.26 Å². The maximum atomic E-state index is 13.5. The number of carbonyl (C=O) groups is 2. The first-order valence-corrected chi connectivity index (χ1v) is 11.7. The summed E-state index contributed by atoms with van der Waals surface area (Å²) in [6.07, 6.45) is 0.225. The molecule has 0 spiro atoms. The average molecular weight is 512 g/mol. The first-order chi connectivity index (χ1) is 16.4. The van der Waals surface area contributed by atoms with E-state index >= 15 is 0 Å². The average Bonchev–Trinajstić information content (AvgIpc) is 3.13. The van der Waals surface area contributed by atoms with Crippen molar-refractivity contribution in [1.29, 1.82) is 5.26 Å². The summed E-state index contributed by atoms with van der Waals surface area (Å²) < 4.78 is 13.5. The summed E-state index contributed by atoms with van der Waals surface area (Å²) >= 11 is 13.5. The van der Waals surface area contributed by atoms with E-state index in [4.69, 9.17) is 23.2 Å². The molecule has 2 amide bonds. The predicted molar refractivity (Wildman–Crippen MR) is 133 cm³/mol. The summed E-state index contributed by atoms with van der Waals surface area (Å²) in [5.74, 6) is -1.49. The minimum atomic E-state index is -0.677. The highest BCUT2D eigenvalue weighted by molar-refractivity contribution is 8.05. The Labute approximate surface area is 209 Å². The highest BCUT2D eigenvalue weighted by atomic mass is 35.5. The molecule has 1 atom stereocenters. The standard InChI is InChI=1S/C25H16Cl2FN3O2S/c26-16-6-11-21(27)15(12-16)13-22-24(33)31(19-9-7-17(28)8-10-19)25(34-22)20(14-29)23(32)30-18-4-2-1-3-5-18/h1-12,22H,13H2,(H,30,32)/b25-20-/t22-/m1/s1. The van der Waals surface area contributed by atoms with Crippen molar-refractivity contribution in [3.05, 3.63) is 105 Å². The van der Waals surface area contributed by atoms with Crippen LogP contribution < -0.4 is 10.2 Å². The van der Waals surface area contributed by atoms with Gasteiger partial charge in [-0.15, -0.1) is 0 Å². The van der Waals surface area contributed by atoms with Crippen LogP contribution >= 0.6 is 35.0 Å². The van der Waals surface area contributed by atoms with Crippen molar-refractivity contribution in [3.63, 3.8) is 0 Å². The van der Waals surface area contributed by atoms with Gasteiger partial charge >= 0.3 is 0 Å². The SMILES string of the molecule is N#C/C(C(=O)Nc1ccccc1)=C1/S[C@H](Cc2cc(Cl)ccc2Cl)C(=O)N1c1ccc(F)cc1. The smallest absolute Gasteiger partial charge is 0.269 e. The number of anilines is 2. The lowest BCUT2D eigenvalue weighted by atomic mass is 10.1. The fraction of sp³-hybridized carbons (Fsp3) is 0.0800. The number of halogens is 3. The lowest BCUT2D eigenvalue weighted by molar-refractivity contribution is -0.117. The lowest BCUT2D eigenvalue weighted by Crippen LogP contribution is -2.31. The maximum Gasteiger partial charge on any atom is 0.269 e. The van der Waals surface area contributed by atoms with Crippen molar-refractivity contribution in [2.24, 2.45) is 0 Å². The zero-order valence-corrected chi connectivity index (χ0v) is 19.8. The summed E-state index contributed by atoms with van der Waals surface area (Å²) in [5.41, 5.74) is 1.28. The Bertz CT molecular complexity index is 1320. The molecule has 1 saturated heterocycles. The van der Waals surface area contributed by atoms with Gasteiger partial charge < -0.3 is 5.32 Å². The van der Waals surface area contributed by atoms with E-state index in [1.807, 2.05) is 6.07 Å². The van der Waals surface area contributed by atoms with Gasteiger partial charge in [0, 0.05) is 21.4 Å². The largest absolute Gasteiger partial charge is 0.321 e. The molecule has 34 heavy (non-hydrogen) atoms. The van der Waals surface area contributed by atoms with Crippen LogP contribution in [0.5, 0.6) is 0 Å². The minimum absolute atomic E-state index is 0.163. The molecular formula is C25H16Cl2FN3O2S. The third kappa shape index (κ3) is 5.10. The van der Waals surface area contributed by atoms with Crippen LogP contribution in [0.3, 0.4) is 0 Å². The molecule has 0 unspecified atom stereocenters. The lowest BCUT2D eigenvalue weighted by Gasteiger charge is -2.18. The molecule has 9 heteroatoms. The van der Waals surface area contributed by atoms with E-state index < -0.39 is 17.0 Å². The number of amides is 2. The fourth-order valence-corrected chi connectivity index (χ4v) is 5.11. The summed E-state index contributed by atoms with van der Waals surface area (Å²) in [6, 6.07) is 20.8. The van der Waals surface area contributed by atoms with Crippen molar-refractivity contribution in [3.8, 4) is 6.07 Å². The molecule has 1 fully saturated rings. The van der Waals surface area contributed by atoms with Gasteiger partial charge in [-0.3, -0.25) is 14.5 Å². The molecule has 1 N–H and O–H groups in total. The number of nitrogens with one attached hydrogen (secondary N) is 1. The third-order valence-electron chi connectivity index (χ3n) is 5.04. The van der Waals surface area contributed by atoms with E-state index in [0.717, 1.165) is 11.8 Å². The monoisotopic (exact) mass is 511 g/mol. The Balaban J connectivity index is 1.74. The van der Waals surface area contributed by atoms with Crippen LogP contribution in [0.15, 0.2) is 83.4 Å². The molecule has 0 radical (unpaired) electrons. The highest BCUT2D eigenvalue weighted by Gasteiger charge is 2.41. The molecule has 5 nitrogen and oxygen atoms in total. The van der Waals surface area contributed by atoms with Gasteiger partial charge in [0.25, 0.3) is 5.91 Å². The molecule has 0 aromatic heterocycles. The predicted octanol–water partition coefficient (Wildman–Crippen LogP) is 6.20. The van der Waals surface area contributed by atoms with Gasteiger partial charge in [0.2, 0.25) is 5.91 Å². The van der Waals surface area contributed by atoms with E-state index in [9.17, 15) is 19.2 Å². The number of thioether (sulfide) groups is 1. The van der Waals surface area contributed by atoms with Crippen LogP contribution in [0.1, 0.15) is 5.56 Å². The first kappa shape index (κ1) is 23.8. The number of hydrogen-bond acceptors (Lipinski definition) is 4.